The molecule has 0 saturated heterocycles. The molecule has 0 fully saturated rings. The smallest absolute Gasteiger partial charge is 0.494 e. The Labute approximate surface area is 152 Å². The van der Waals surface area contributed by atoms with Crippen LogP contribution in [-0.4, -0.2) is 18.9 Å². The lowest BCUT2D eigenvalue weighted by Gasteiger charge is -2.09. The monoisotopic (exact) mass is 379 g/mol. The molecule has 0 aliphatic rings. The van der Waals surface area contributed by atoms with Crippen LogP contribution in [0.2, 0.25) is 0 Å². The van der Waals surface area contributed by atoms with Crippen LogP contribution in [0.4, 0.5) is 18.9 Å². The first-order valence-electron chi connectivity index (χ1n) is 8.10. The summed E-state index contributed by atoms with van der Waals surface area (Å²) in [4.78, 5) is 12.5. The fourth-order valence-electron chi connectivity index (χ4n) is 2.60. The van der Waals surface area contributed by atoms with Crippen LogP contribution in [-0.2, 0) is 0 Å². The highest BCUT2D eigenvalue weighted by Gasteiger charge is 2.31. The molecule has 3 aromatic rings. The van der Waals surface area contributed by atoms with Gasteiger partial charge in [0.1, 0.15) is 17.1 Å². The topological polar surface area (TPSA) is 60.7 Å². The number of hydrogen-bond acceptors (Lipinski definition) is 4. The molecule has 1 heterocycles. The maximum atomic E-state index is 12.5. The number of hydrogen-bond donors (Lipinski definition) is 1. The Morgan fingerprint density at radius 3 is 2.41 bits per heavy atom. The van der Waals surface area contributed by atoms with Crippen LogP contribution in [0.5, 0.6) is 11.5 Å². The second-order valence-corrected chi connectivity index (χ2v) is 5.67. The maximum absolute atomic E-state index is 12.5. The Morgan fingerprint density at radius 2 is 1.78 bits per heavy atom. The minimum atomic E-state index is -4.77. The average Bonchev–Trinajstić information content (AvgIpc) is 2.92. The summed E-state index contributed by atoms with van der Waals surface area (Å²) in [5.41, 5.74) is 1.49. The van der Waals surface area contributed by atoms with Gasteiger partial charge in [-0.3, -0.25) is 4.79 Å². The number of carbonyl (C=O) groups is 1. The number of anilines is 1. The van der Waals surface area contributed by atoms with Crippen molar-refractivity contribution < 1.29 is 31.9 Å². The minimum Gasteiger partial charge on any atom is -0.494 e. The number of alkyl halides is 3. The van der Waals surface area contributed by atoms with Gasteiger partial charge in [-0.2, -0.15) is 0 Å². The van der Waals surface area contributed by atoms with E-state index in [1.54, 1.807) is 25.1 Å². The number of benzene rings is 2. The number of fused-ring (bicyclic) bond motifs is 1. The van der Waals surface area contributed by atoms with Crippen LogP contribution >= 0.6 is 0 Å². The molecule has 0 unspecified atom stereocenters. The van der Waals surface area contributed by atoms with E-state index in [2.05, 4.69) is 10.1 Å². The van der Waals surface area contributed by atoms with Gasteiger partial charge in [0, 0.05) is 16.6 Å². The Hall–Kier alpha value is -3.16. The second kappa shape index (κ2) is 7.22. The third-order valence-electron chi connectivity index (χ3n) is 3.77. The number of halogens is 3. The Bertz CT molecular complexity index is 961. The minimum absolute atomic E-state index is 0.120. The molecule has 0 radical (unpaired) electrons. The zero-order valence-corrected chi connectivity index (χ0v) is 14.5. The first kappa shape index (κ1) is 18.6. The largest absolute Gasteiger partial charge is 0.573 e. The first-order chi connectivity index (χ1) is 12.8. The summed E-state index contributed by atoms with van der Waals surface area (Å²) >= 11 is 0. The third kappa shape index (κ3) is 4.33. The summed E-state index contributed by atoms with van der Waals surface area (Å²) in [6.45, 7) is 4.14. The van der Waals surface area contributed by atoms with Crippen LogP contribution in [0.25, 0.3) is 11.0 Å². The van der Waals surface area contributed by atoms with Crippen molar-refractivity contribution in [2.45, 2.75) is 20.2 Å². The van der Waals surface area contributed by atoms with Gasteiger partial charge < -0.3 is 19.2 Å². The summed E-state index contributed by atoms with van der Waals surface area (Å²) in [5.74, 6) is -0.0922. The maximum Gasteiger partial charge on any atom is 0.573 e. The van der Waals surface area contributed by atoms with Crippen LogP contribution in [0.3, 0.4) is 0 Å². The molecule has 0 atom stereocenters. The molecule has 0 spiro atoms. The van der Waals surface area contributed by atoms with Gasteiger partial charge in [-0.05, 0) is 56.3 Å². The van der Waals surface area contributed by atoms with Gasteiger partial charge in [0.15, 0.2) is 5.76 Å². The van der Waals surface area contributed by atoms with E-state index in [4.69, 9.17) is 9.15 Å². The normalized spacial score (nSPS) is 11.4. The molecule has 3 rings (SSSR count). The van der Waals surface area contributed by atoms with Gasteiger partial charge in [-0.25, -0.2) is 0 Å². The summed E-state index contributed by atoms with van der Waals surface area (Å²) in [6, 6.07) is 10.1. The van der Waals surface area contributed by atoms with Crippen molar-refractivity contribution in [1.82, 2.24) is 0 Å². The fourth-order valence-corrected chi connectivity index (χ4v) is 2.60. The predicted octanol–water partition coefficient (Wildman–Crippen LogP) is 5.29. The van der Waals surface area contributed by atoms with Crippen LogP contribution in [0, 0.1) is 6.92 Å². The fraction of sp³-hybridized carbons (Fsp3) is 0.211. The molecule has 5 nitrogen and oxygen atoms in total. The summed E-state index contributed by atoms with van der Waals surface area (Å²) in [6.07, 6.45) is -4.77. The third-order valence-corrected chi connectivity index (χ3v) is 3.77. The number of aryl methyl sites for hydroxylation is 1. The molecule has 27 heavy (non-hydrogen) atoms. The standard InChI is InChI=1S/C19H16F3NO4/c1-3-25-14-8-9-16-15(10-14)11(2)17(26-16)18(24)23-12-4-6-13(7-5-12)27-19(20,21)22/h4-10H,3H2,1-2H3,(H,23,24). The van der Waals surface area contributed by atoms with Gasteiger partial charge in [-0.1, -0.05) is 0 Å². The zero-order chi connectivity index (χ0) is 19.6. The van der Waals surface area contributed by atoms with E-state index in [0.717, 1.165) is 17.5 Å². The van der Waals surface area contributed by atoms with E-state index in [9.17, 15) is 18.0 Å². The lowest BCUT2D eigenvalue weighted by Crippen LogP contribution is -2.17. The summed E-state index contributed by atoms with van der Waals surface area (Å²) in [7, 11) is 0. The molecular weight excluding hydrogens is 363 g/mol. The molecular formula is C19H16F3NO4. The number of carbonyl (C=O) groups excluding carboxylic acids is 1. The Kier molecular flexibility index (Phi) is 4.98. The van der Waals surface area contributed by atoms with E-state index in [0.29, 0.717) is 29.2 Å². The van der Waals surface area contributed by atoms with Crippen molar-refractivity contribution in [3.8, 4) is 11.5 Å². The van der Waals surface area contributed by atoms with E-state index in [-0.39, 0.29) is 11.5 Å². The van der Waals surface area contributed by atoms with E-state index in [1.807, 2.05) is 6.92 Å². The first-order valence-corrected chi connectivity index (χ1v) is 8.10. The van der Waals surface area contributed by atoms with E-state index < -0.39 is 12.3 Å². The van der Waals surface area contributed by atoms with Crippen molar-refractivity contribution in [2.24, 2.45) is 0 Å². The SMILES string of the molecule is CCOc1ccc2oc(C(=O)Nc3ccc(OC(F)(F)F)cc3)c(C)c2c1. The molecule has 1 amide bonds. The zero-order valence-electron chi connectivity index (χ0n) is 14.5. The van der Waals surface area contributed by atoms with Gasteiger partial charge in [0.25, 0.3) is 5.91 Å². The van der Waals surface area contributed by atoms with E-state index >= 15 is 0 Å². The van der Waals surface area contributed by atoms with E-state index in [1.165, 1.54) is 12.1 Å². The Balaban J connectivity index is 1.79. The molecule has 2 aromatic carbocycles. The number of amides is 1. The molecule has 1 N–H and O–H groups in total. The number of ether oxygens (including phenoxy) is 2. The molecule has 0 bridgehead atoms. The van der Waals surface area contributed by atoms with Crippen molar-refractivity contribution in [2.75, 3.05) is 11.9 Å². The Morgan fingerprint density at radius 1 is 1.11 bits per heavy atom. The van der Waals surface area contributed by atoms with Gasteiger partial charge in [0.05, 0.1) is 6.61 Å². The predicted molar refractivity (Wildman–Crippen MR) is 93.2 cm³/mol. The summed E-state index contributed by atoms with van der Waals surface area (Å²) in [5, 5.41) is 3.34. The highest BCUT2D eigenvalue weighted by Crippen LogP contribution is 2.30. The highest BCUT2D eigenvalue weighted by molar-refractivity contribution is 6.06. The number of furan rings is 1. The molecule has 0 aliphatic carbocycles. The van der Waals surface area contributed by atoms with Crippen LogP contribution < -0.4 is 14.8 Å². The lowest BCUT2D eigenvalue weighted by molar-refractivity contribution is -0.274. The van der Waals surface area contributed by atoms with Crippen molar-refractivity contribution in [3.63, 3.8) is 0 Å². The summed E-state index contributed by atoms with van der Waals surface area (Å²) < 4.78 is 51.4. The second-order valence-electron chi connectivity index (χ2n) is 5.67. The lowest BCUT2D eigenvalue weighted by atomic mass is 10.1. The number of nitrogens with one attached hydrogen (secondary N) is 1. The molecule has 142 valence electrons. The average molecular weight is 379 g/mol. The molecule has 0 saturated carbocycles. The quantitative estimate of drug-likeness (QED) is 0.654. The highest BCUT2D eigenvalue weighted by atomic mass is 19.4. The molecule has 1 aromatic heterocycles. The van der Waals surface area contributed by atoms with Crippen LogP contribution in [0.15, 0.2) is 46.9 Å². The molecule has 8 heteroatoms. The van der Waals surface area contributed by atoms with Gasteiger partial charge in [-0.15, -0.1) is 13.2 Å². The van der Waals surface area contributed by atoms with Crippen molar-refractivity contribution in [1.29, 1.82) is 0 Å². The number of rotatable bonds is 5. The van der Waals surface area contributed by atoms with Gasteiger partial charge in [0.2, 0.25) is 0 Å². The van der Waals surface area contributed by atoms with Crippen LogP contribution in [0.1, 0.15) is 23.0 Å². The van der Waals surface area contributed by atoms with Gasteiger partial charge >= 0.3 is 6.36 Å². The molecule has 0 aliphatic heterocycles. The van der Waals surface area contributed by atoms with Crippen molar-refractivity contribution >= 4 is 22.6 Å². The van der Waals surface area contributed by atoms with Crippen molar-refractivity contribution in [3.05, 3.63) is 53.8 Å².